The van der Waals surface area contributed by atoms with Crippen LogP contribution >= 0.6 is 0 Å². The molecular weight excluding hydrogens is 242 g/mol. The second-order valence-electron chi connectivity index (χ2n) is 4.09. The molecule has 1 aromatic carbocycles. The molecule has 0 unspecified atom stereocenters. The largest absolute Gasteiger partial charge is 0.467 e. The maximum absolute atomic E-state index is 5.07. The number of rotatable bonds is 4. The van der Waals surface area contributed by atoms with Crippen LogP contribution in [0.15, 0.2) is 24.3 Å². The van der Waals surface area contributed by atoms with E-state index >= 15 is 0 Å². The molecule has 0 saturated carbocycles. The normalized spacial score (nSPS) is 10.1. The minimum Gasteiger partial charge on any atom is -0.467 e. The van der Waals surface area contributed by atoms with Gasteiger partial charge in [-0.2, -0.15) is 15.0 Å². The first-order valence-corrected chi connectivity index (χ1v) is 5.92. The van der Waals surface area contributed by atoms with Crippen molar-refractivity contribution >= 4 is 17.6 Å². The molecule has 1 aromatic heterocycles. The van der Waals surface area contributed by atoms with Crippen molar-refractivity contribution in [2.45, 2.75) is 6.92 Å². The maximum Gasteiger partial charge on any atom is 0.322 e. The summed E-state index contributed by atoms with van der Waals surface area (Å²) >= 11 is 0. The van der Waals surface area contributed by atoms with Gasteiger partial charge in [0.05, 0.1) is 7.11 Å². The Hall–Kier alpha value is -2.37. The van der Waals surface area contributed by atoms with Gasteiger partial charge in [-0.3, -0.25) is 0 Å². The van der Waals surface area contributed by atoms with Gasteiger partial charge in [-0.05, 0) is 19.1 Å². The SMILES string of the molecule is CNc1nc(OC)nc(N(C)c2ccc(C)cc2)n1. The molecule has 0 atom stereocenters. The molecule has 6 heteroatoms. The summed E-state index contributed by atoms with van der Waals surface area (Å²) in [4.78, 5) is 14.5. The van der Waals surface area contributed by atoms with Crippen LogP contribution in [-0.4, -0.2) is 36.2 Å². The number of ether oxygens (including phenoxy) is 1. The van der Waals surface area contributed by atoms with E-state index in [1.165, 1.54) is 12.7 Å². The Bertz CT molecular complexity index is 533. The monoisotopic (exact) mass is 259 g/mol. The number of methoxy groups -OCH3 is 1. The molecule has 0 saturated heterocycles. The second-order valence-corrected chi connectivity index (χ2v) is 4.09. The van der Waals surface area contributed by atoms with Crippen LogP contribution in [0.1, 0.15) is 5.56 Å². The average molecular weight is 259 g/mol. The highest BCUT2D eigenvalue weighted by atomic mass is 16.5. The third-order valence-electron chi connectivity index (χ3n) is 2.73. The van der Waals surface area contributed by atoms with E-state index in [0.29, 0.717) is 11.9 Å². The van der Waals surface area contributed by atoms with Crippen LogP contribution in [0.4, 0.5) is 17.6 Å². The molecule has 0 aliphatic heterocycles. The van der Waals surface area contributed by atoms with Crippen molar-refractivity contribution in [1.29, 1.82) is 0 Å². The highest BCUT2D eigenvalue weighted by Crippen LogP contribution is 2.22. The minimum atomic E-state index is 0.285. The highest BCUT2D eigenvalue weighted by Gasteiger charge is 2.11. The highest BCUT2D eigenvalue weighted by molar-refractivity contribution is 5.57. The fourth-order valence-corrected chi connectivity index (χ4v) is 1.58. The van der Waals surface area contributed by atoms with Gasteiger partial charge >= 0.3 is 6.01 Å². The number of hydrogen-bond acceptors (Lipinski definition) is 6. The van der Waals surface area contributed by atoms with E-state index < -0.39 is 0 Å². The van der Waals surface area contributed by atoms with Gasteiger partial charge in [0.1, 0.15) is 0 Å². The molecule has 0 spiro atoms. The third-order valence-corrected chi connectivity index (χ3v) is 2.73. The van der Waals surface area contributed by atoms with E-state index in [1.807, 2.05) is 36.2 Å². The molecule has 1 N–H and O–H groups in total. The van der Waals surface area contributed by atoms with Crippen molar-refractivity contribution in [3.63, 3.8) is 0 Å². The molecular formula is C13H17N5O. The molecule has 0 aliphatic carbocycles. The minimum absolute atomic E-state index is 0.285. The zero-order valence-electron chi connectivity index (χ0n) is 11.5. The van der Waals surface area contributed by atoms with Crippen LogP contribution in [0.5, 0.6) is 6.01 Å². The predicted molar refractivity (Wildman–Crippen MR) is 75.2 cm³/mol. The van der Waals surface area contributed by atoms with Gasteiger partial charge in [0.2, 0.25) is 11.9 Å². The number of anilines is 3. The fourth-order valence-electron chi connectivity index (χ4n) is 1.58. The Morgan fingerprint density at radius 2 is 1.79 bits per heavy atom. The van der Waals surface area contributed by atoms with Gasteiger partial charge in [0.25, 0.3) is 0 Å². The number of nitrogens with zero attached hydrogens (tertiary/aromatic N) is 4. The van der Waals surface area contributed by atoms with Crippen LogP contribution in [0, 0.1) is 6.92 Å². The van der Waals surface area contributed by atoms with E-state index in [0.717, 1.165) is 5.69 Å². The first-order chi connectivity index (χ1) is 9.13. The van der Waals surface area contributed by atoms with Crippen LogP contribution in [0.25, 0.3) is 0 Å². The summed E-state index contributed by atoms with van der Waals surface area (Å²) in [5, 5.41) is 2.89. The van der Waals surface area contributed by atoms with Gasteiger partial charge in [-0.25, -0.2) is 0 Å². The zero-order valence-corrected chi connectivity index (χ0v) is 11.5. The summed E-state index contributed by atoms with van der Waals surface area (Å²) in [5.41, 5.74) is 2.21. The lowest BCUT2D eigenvalue weighted by atomic mass is 10.2. The second kappa shape index (κ2) is 5.51. The summed E-state index contributed by atoms with van der Waals surface area (Å²) in [6.45, 7) is 2.05. The lowest BCUT2D eigenvalue weighted by Crippen LogP contribution is -2.15. The molecule has 2 aromatic rings. The summed E-state index contributed by atoms with van der Waals surface area (Å²) < 4.78 is 5.07. The number of hydrogen-bond donors (Lipinski definition) is 1. The summed E-state index contributed by atoms with van der Waals surface area (Å²) in [7, 11) is 5.19. The number of aromatic nitrogens is 3. The molecule has 19 heavy (non-hydrogen) atoms. The smallest absolute Gasteiger partial charge is 0.322 e. The van der Waals surface area contributed by atoms with Crippen molar-refractivity contribution in [3.05, 3.63) is 29.8 Å². The van der Waals surface area contributed by atoms with Crippen molar-refractivity contribution in [1.82, 2.24) is 15.0 Å². The van der Waals surface area contributed by atoms with E-state index in [2.05, 4.69) is 27.2 Å². The molecule has 0 amide bonds. The van der Waals surface area contributed by atoms with Gasteiger partial charge in [0, 0.05) is 19.8 Å². The Kier molecular flexibility index (Phi) is 3.79. The molecule has 1 heterocycles. The van der Waals surface area contributed by atoms with Gasteiger partial charge in [-0.1, -0.05) is 17.7 Å². The Morgan fingerprint density at radius 1 is 1.11 bits per heavy atom. The van der Waals surface area contributed by atoms with Gasteiger partial charge < -0.3 is 15.0 Å². The Labute approximate surface area is 112 Å². The summed E-state index contributed by atoms with van der Waals surface area (Å²) in [6, 6.07) is 8.41. The number of nitrogens with one attached hydrogen (secondary N) is 1. The molecule has 6 nitrogen and oxygen atoms in total. The van der Waals surface area contributed by atoms with Gasteiger partial charge in [-0.15, -0.1) is 0 Å². The summed E-state index contributed by atoms with van der Waals surface area (Å²) in [5.74, 6) is 1.00. The molecule has 0 fully saturated rings. The standard InChI is InChI=1S/C13H17N5O/c1-9-5-7-10(8-6-9)18(3)12-15-11(14-2)16-13(17-12)19-4/h5-8H,1-4H3,(H,14,15,16,17). The van der Waals surface area contributed by atoms with E-state index in [4.69, 9.17) is 4.74 Å². The Balaban J connectivity index is 2.37. The van der Waals surface area contributed by atoms with Crippen molar-refractivity contribution < 1.29 is 4.74 Å². The molecule has 0 bridgehead atoms. The van der Waals surface area contributed by atoms with E-state index in [1.54, 1.807) is 7.05 Å². The quantitative estimate of drug-likeness (QED) is 0.906. The number of benzene rings is 1. The topological polar surface area (TPSA) is 63.2 Å². The zero-order chi connectivity index (χ0) is 13.8. The van der Waals surface area contributed by atoms with E-state index in [9.17, 15) is 0 Å². The van der Waals surface area contributed by atoms with E-state index in [-0.39, 0.29) is 6.01 Å². The van der Waals surface area contributed by atoms with Crippen LogP contribution in [0.2, 0.25) is 0 Å². The molecule has 2 rings (SSSR count). The average Bonchev–Trinajstić information content (AvgIpc) is 2.46. The van der Waals surface area contributed by atoms with Crippen LogP contribution in [-0.2, 0) is 0 Å². The van der Waals surface area contributed by atoms with Crippen molar-refractivity contribution in [2.75, 3.05) is 31.4 Å². The van der Waals surface area contributed by atoms with Crippen molar-refractivity contribution in [2.24, 2.45) is 0 Å². The first kappa shape index (κ1) is 13.1. The van der Waals surface area contributed by atoms with Crippen LogP contribution < -0.4 is 15.0 Å². The molecule has 100 valence electrons. The third kappa shape index (κ3) is 2.90. The Morgan fingerprint density at radius 3 is 2.37 bits per heavy atom. The van der Waals surface area contributed by atoms with Crippen molar-refractivity contribution in [3.8, 4) is 6.01 Å². The van der Waals surface area contributed by atoms with Crippen LogP contribution in [0.3, 0.4) is 0 Å². The summed E-state index contributed by atoms with van der Waals surface area (Å²) in [6.07, 6.45) is 0. The fraction of sp³-hybridized carbons (Fsp3) is 0.308. The predicted octanol–water partition coefficient (Wildman–Crippen LogP) is 2.00. The number of aryl methyl sites for hydroxylation is 1. The lowest BCUT2D eigenvalue weighted by Gasteiger charge is -2.18. The lowest BCUT2D eigenvalue weighted by molar-refractivity contribution is 0.379. The molecule has 0 radical (unpaired) electrons. The van der Waals surface area contributed by atoms with Gasteiger partial charge in [0.15, 0.2) is 0 Å². The molecule has 0 aliphatic rings. The first-order valence-electron chi connectivity index (χ1n) is 5.92. The maximum atomic E-state index is 5.07.